The second-order valence-corrected chi connectivity index (χ2v) is 6.85. The topological polar surface area (TPSA) is 12.4 Å². The van der Waals surface area contributed by atoms with Crippen molar-refractivity contribution in [1.29, 1.82) is 0 Å². The fraction of sp³-hybridized carbons (Fsp3) is 0.706. The lowest BCUT2D eigenvalue weighted by Gasteiger charge is -2.30. The number of hydrogen-bond acceptors (Lipinski definition) is 1. The smallest absolute Gasteiger partial charge is 0.0468 e. The van der Waals surface area contributed by atoms with Gasteiger partial charge in [0.1, 0.15) is 0 Å². The van der Waals surface area contributed by atoms with Crippen molar-refractivity contribution in [2.45, 2.75) is 62.3 Å². The Morgan fingerprint density at radius 1 is 0.944 bits per heavy atom. The summed E-state index contributed by atoms with van der Waals surface area (Å²) in [7, 11) is 0. The van der Waals surface area contributed by atoms with Crippen molar-refractivity contribution in [1.82, 2.24) is 0 Å². The van der Waals surface area contributed by atoms with Gasteiger partial charge >= 0.3 is 0 Å². The fourth-order valence-electron chi connectivity index (χ4n) is 2.15. The van der Waals surface area contributed by atoms with E-state index in [4.69, 9.17) is 4.99 Å². The number of aliphatic imine (C=N–C) groups is 1. The van der Waals surface area contributed by atoms with Crippen LogP contribution in [0.4, 0.5) is 0 Å². The Bertz CT molecular complexity index is 360. The summed E-state index contributed by atoms with van der Waals surface area (Å²) in [5.41, 5.74) is 5.04. The van der Waals surface area contributed by atoms with Crippen molar-refractivity contribution in [3.8, 4) is 0 Å². The molecule has 0 atom stereocenters. The molecule has 0 rings (SSSR count). The van der Waals surface area contributed by atoms with Crippen LogP contribution in [-0.4, -0.2) is 5.71 Å². The molecule has 0 spiro atoms. The van der Waals surface area contributed by atoms with Gasteiger partial charge in [0.15, 0.2) is 0 Å². The van der Waals surface area contributed by atoms with Gasteiger partial charge in [-0.3, -0.25) is 4.99 Å². The van der Waals surface area contributed by atoms with Gasteiger partial charge in [-0.25, -0.2) is 0 Å². The first kappa shape index (κ1) is 17.2. The summed E-state index contributed by atoms with van der Waals surface area (Å²) < 4.78 is 0. The summed E-state index contributed by atoms with van der Waals surface area (Å²) in [6.07, 6.45) is 0. The second-order valence-electron chi connectivity index (χ2n) is 6.85. The summed E-state index contributed by atoms with van der Waals surface area (Å²) in [6.45, 7) is 23.9. The molecule has 0 aliphatic heterocycles. The van der Waals surface area contributed by atoms with Crippen molar-refractivity contribution >= 4 is 5.71 Å². The van der Waals surface area contributed by atoms with Gasteiger partial charge in [0.2, 0.25) is 0 Å². The molecule has 0 aromatic rings. The van der Waals surface area contributed by atoms with Crippen molar-refractivity contribution in [3.63, 3.8) is 0 Å². The lowest BCUT2D eigenvalue weighted by Crippen LogP contribution is -2.25. The van der Waals surface area contributed by atoms with Gasteiger partial charge in [0, 0.05) is 11.4 Å². The van der Waals surface area contributed by atoms with E-state index < -0.39 is 0 Å². The largest absolute Gasteiger partial charge is 0.258 e. The van der Waals surface area contributed by atoms with Crippen molar-refractivity contribution in [2.75, 3.05) is 0 Å². The average molecular weight is 249 g/mol. The first-order chi connectivity index (χ1) is 7.98. The zero-order valence-corrected chi connectivity index (χ0v) is 13.8. The van der Waals surface area contributed by atoms with Crippen LogP contribution in [-0.2, 0) is 0 Å². The van der Waals surface area contributed by atoms with E-state index in [2.05, 4.69) is 62.0 Å². The quantitative estimate of drug-likeness (QED) is 0.572. The molecule has 0 amide bonds. The summed E-state index contributed by atoms with van der Waals surface area (Å²) >= 11 is 0. The average Bonchev–Trinajstić information content (AvgIpc) is 2.13. The van der Waals surface area contributed by atoms with E-state index in [1.54, 1.807) is 0 Å². The van der Waals surface area contributed by atoms with Crippen molar-refractivity contribution in [2.24, 2.45) is 22.2 Å². The molecule has 0 bridgehead atoms. The molecule has 0 radical (unpaired) electrons. The van der Waals surface area contributed by atoms with Gasteiger partial charge in [-0.05, 0) is 36.7 Å². The number of allylic oxidation sites excluding steroid dienone is 3. The van der Waals surface area contributed by atoms with Gasteiger partial charge in [-0.15, -0.1) is 0 Å². The monoisotopic (exact) mass is 249 g/mol. The number of hydrogen-bond donors (Lipinski definition) is 0. The molecule has 0 aliphatic carbocycles. The van der Waals surface area contributed by atoms with E-state index in [1.807, 2.05) is 6.92 Å². The van der Waals surface area contributed by atoms with Crippen LogP contribution in [0.25, 0.3) is 0 Å². The molecule has 1 nitrogen and oxygen atoms in total. The molecule has 0 aromatic carbocycles. The van der Waals surface area contributed by atoms with E-state index in [1.165, 1.54) is 16.9 Å². The van der Waals surface area contributed by atoms with Gasteiger partial charge in [-0.2, -0.15) is 0 Å². The van der Waals surface area contributed by atoms with E-state index in [-0.39, 0.29) is 5.41 Å². The zero-order chi connectivity index (χ0) is 14.7. The molecule has 0 heterocycles. The highest BCUT2D eigenvalue weighted by Gasteiger charge is 2.26. The second kappa shape index (κ2) is 6.36. The fourth-order valence-corrected chi connectivity index (χ4v) is 2.15. The highest BCUT2D eigenvalue weighted by Crippen LogP contribution is 2.34. The lowest BCUT2D eigenvalue weighted by molar-refractivity contribution is 0.505. The maximum Gasteiger partial charge on any atom is 0.0468 e. The Labute approximate surface area is 114 Å². The Balaban J connectivity index is 6.02. The minimum Gasteiger partial charge on any atom is -0.258 e. The molecule has 1 heteroatoms. The molecule has 0 saturated heterocycles. The Morgan fingerprint density at radius 2 is 1.39 bits per heavy atom. The predicted molar refractivity (Wildman–Crippen MR) is 84.1 cm³/mol. The van der Waals surface area contributed by atoms with Crippen LogP contribution in [0.2, 0.25) is 0 Å². The molecule has 0 saturated carbocycles. The first-order valence-corrected chi connectivity index (χ1v) is 6.94. The van der Waals surface area contributed by atoms with Crippen LogP contribution in [0.1, 0.15) is 62.3 Å². The van der Waals surface area contributed by atoms with E-state index in [9.17, 15) is 0 Å². The normalized spacial score (nSPS) is 15.2. The Morgan fingerprint density at radius 3 is 1.61 bits per heavy atom. The highest BCUT2D eigenvalue weighted by atomic mass is 14.8. The van der Waals surface area contributed by atoms with Gasteiger partial charge in [0.05, 0.1) is 0 Å². The summed E-state index contributed by atoms with van der Waals surface area (Å²) in [5, 5.41) is 0. The minimum atomic E-state index is 0.118. The van der Waals surface area contributed by atoms with E-state index in [0.29, 0.717) is 11.8 Å². The molecule has 0 unspecified atom stereocenters. The zero-order valence-electron chi connectivity index (χ0n) is 13.8. The lowest BCUT2D eigenvalue weighted by atomic mass is 9.76. The predicted octanol–water partition coefficient (Wildman–Crippen LogP) is 5.64. The van der Waals surface area contributed by atoms with Crippen LogP contribution in [0.3, 0.4) is 0 Å². The van der Waals surface area contributed by atoms with Crippen molar-refractivity contribution in [3.05, 3.63) is 23.4 Å². The maximum atomic E-state index is 4.71. The van der Waals surface area contributed by atoms with Crippen LogP contribution in [0.15, 0.2) is 28.4 Å². The molecule has 0 fully saturated rings. The van der Waals surface area contributed by atoms with Crippen molar-refractivity contribution < 1.29 is 0 Å². The van der Waals surface area contributed by atoms with E-state index >= 15 is 0 Å². The Hall–Kier alpha value is -0.850. The molecule has 104 valence electrons. The van der Waals surface area contributed by atoms with Gasteiger partial charge in [-0.1, -0.05) is 60.6 Å². The van der Waals surface area contributed by atoms with Crippen LogP contribution in [0, 0.1) is 17.3 Å². The first-order valence-electron chi connectivity index (χ1n) is 6.94. The van der Waals surface area contributed by atoms with Crippen LogP contribution < -0.4 is 0 Å². The third kappa shape index (κ3) is 4.80. The number of nitrogens with zero attached hydrogens (tertiary/aromatic N) is 1. The summed E-state index contributed by atoms with van der Waals surface area (Å²) in [6, 6.07) is 0. The third-order valence-corrected chi connectivity index (χ3v) is 3.12. The summed E-state index contributed by atoms with van der Waals surface area (Å²) in [5.74, 6) is 0.970. The molecule has 0 aromatic heterocycles. The van der Waals surface area contributed by atoms with Gasteiger partial charge < -0.3 is 0 Å². The minimum absolute atomic E-state index is 0.118. The Kier molecular flexibility index (Phi) is 6.06. The molecule has 0 N–H and O–H groups in total. The highest BCUT2D eigenvalue weighted by molar-refractivity contribution is 6.03. The van der Waals surface area contributed by atoms with Crippen LogP contribution in [0.5, 0.6) is 0 Å². The third-order valence-electron chi connectivity index (χ3n) is 3.12. The molecule has 18 heavy (non-hydrogen) atoms. The van der Waals surface area contributed by atoms with E-state index in [0.717, 1.165) is 5.70 Å². The van der Waals surface area contributed by atoms with Gasteiger partial charge in [0.25, 0.3) is 0 Å². The standard InChI is InChI=1S/C17H31N/c1-11(2)14(7)15(17(8,9)10)16(12(3)4)18-13(5)6/h11-12H,5H2,1-4,6-10H3/b15-14-,18-16-. The molecular weight excluding hydrogens is 218 g/mol. The molecular formula is C17H31N. The number of rotatable bonds is 4. The van der Waals surface area contributed by atoms with Crippen LogP contribution >= 0.6 is 0 Å². The SMILES string of the molecule is C=C(C)/N=C(\C(=C(/C)C(C)C)C(C)(C)C)C(C)C. The maximum absolute atomic E-state index is 4.71. The summed E-state index contributed by atoms with van der Waals surface area (Å²) in [4.78, 5) is 4.71. The molecule has 0 aliphatic rings.